The summed E-state index contributed by atoms with van der Waals surface area (Å²) in [4.78, 5) is 3.57. The fourth-order valence-electron chi connectivity index (χ4n) is 2.31. The number of nitrogens with zero attached hydrogens (tertiary/aromatic N) is 1. The normalized spacial score (nSPS) is 22.1. The zero-order valence-corrected chi connectivity index (χ0v) is 16.7. The van der Waals surface area contributed by atoms with E-state index in [1.165, 1.54) is 6.08 Å². The van der Waals surface area contributed by atoms with Gasteiger partial charge >= 0.3 is 0 Å². The fraction of sp³-hybridized carbons (Fsp3) is 0.500. The molecule has 0 saturated heterocycles. The second kappa shape index (κ2) is 6.62. The molecule has 6 heteroatoms. The SMILES string of the molecule is CC(C)(C)[Si](C)(C)OCc1ncccc1C1(Cl)C=C(N)C(F)=CC1. The van der Waals surface area contributed by atoms with Gasteiger partial charge in [-0.3, -0.25) is 4.98 Å². The Kier molecular flexibility index (Phi) is 5.28. The highest BCUT2D eigenvalue weighted by Gasteiger charge is 2.38. The van der Waals surface area contributed by atoms with Crippen LogP contribution in [0, 0.1) is 0 Å². The Bertz CT molecular complexity index is 682. The van der Waals surface area contributed by atoms with Crippen LogP contribution in [0.4, 0.5) is 4.39 Å². The number of alkyl halides is 1. The Balaban J connectivity index is 2.29. The van der Waals surface area contributed by atoms with Crippen molar-refractivity contribution in [1.29, 1.82) is 0 Å². The van der Waals surface area contributed by atoms with Gasteiger partial charge in [0.25, 0.3) is 0 Å². The average Bonchev–Trinajstić information content (AvgIpc) is 2.49. The van der Waals surface area contributed by atoms with Crippen molar-refractivity contribution >= 4 is 19.9 Å². The summed E-state index contributed by atoms with van der Waals surface area (Å²) >= 11 is 6.75. The van der Waals surface area contributed by atoms with Gasteiger partial charge in [0.2, 0.25) is 0 Å². The molecule has 1 aromatic rings. The zero-order chi connectivity index (χ0) is 18.2. The van der Waals surface area contributed by atoms with Gasteiger partial charge in [-0.1, -0.05) is 26.8 Å². The highest BCUT2D eigenvalue weighted by atomic mass is 35.5. The van der Waals surface area contributed by atoms with Crippen molar-refractivity contribution in [3.8, 4) is 0 Å². The minimum atomic E-state index is -1.90. The van der Waals surface area contributed by atoms with Crippen LogP contribution >= 0.6 is 11.6 Å². The van der Waals surface area contributed by atoms with Crippen LogP contribution in [-0.2, 0) is 15.9 Å². The summed E-state index contributed by atoms with van der Waals surface area (Å²) in [6.07, 6.45) is 5.05. The summed E-state index contributed by atoms with van der Waals surface area (Å²) in [6, 6.07) is 3.74. The highest BCUT2D eigenvalue weighted by Crippen LogP contribution is 2.42. The molecular weight excluding hydrogens is 343 g/mol. The number of pyridine rings is 1. The molecule has 0 aliphatic heterocycles. The predicted molar refractivity (Wildman–Crippen MR) is 99.8 cm³/mol. The first-order valence-electron chi connectivity index (χ1n) is 8.08. The van der Waals surface area contributed by atoms with E-state index in [4.69, 9.17) is 21.8 Å². The van der Waals surface area contributed by atoms with E-state index in [-0.39, 0.29) is 10.7 Å². The second-order valence-corrected chi connectivity index (χ2v) is 13.2. The van der Waals surface area contributed by atoms with Crippen LogP contribution < -0.4 is 5.73 Å². The highest BCUT2D eigenvalue weighted by molar-refractivity contribution is 6.74. The van der Waals surface area contributed by atoms with E-state index >= 15 is 0 Å². The molecule has 2 rings (SSSR count). The largest absolute Gasteiger partial charge is 0.411 e. The number of hydrogen-bond donors (Lipinski definition) is 1. The summed E-state index contributed by atoms with van der Waals surface area (Å²) in [5.41, 5.74) is 7.39. The van der Waals surface area contributed by atoms with Crippen LogP contribution in [0.2, 0.25) is 18.1 Å². The number of rotatable bonds is 4. The molecule has 0 radical (unpaired) electrons. The molecule has 1 aliphatic rings. The molecule has 1 heterocycles. The Morgan fingerprint density at radius 3 is 2.67 bits per heavy atom. The van der Waals surface area contributed by atoms with Crippen LogP contribution in [-0.4, -0.2) is 13.3 Å². The van der Waals surface area contributed by atoms with Crippen molar-refractivity contribution in [1.82, 2.24) is 4.98 Å². The fourth-order valence-corrected chi connectivity index (χ4v) is 3.61. The molecule has 0 fully saturated rings. The minimum absolute atomic E-state index is 0.0661. The lowest BCUT2D eigenvalue weighted by Gasteiger charge is -2.36. The molecule has 0 spiro atoms. The topological polar surface area (TPSA) is 48.1 Å². The standard InChI is InChI=1S/C18H26ClFN2OSi/c1-17(2,3)24(4,5)23-12-16-13(7-6-10-22-16)18(19)9-8-14(20)15(21)11-18/h6-8,10-11H,9,12,21H2,1-5H3. The molecular formula is C18H26ClFN2OSi. The summed E-state index contributed by atoms with van der Waals surface area (Å²) in [6.45, 7) is 11.4. The number of hydrogen-bond acceptors (Lipinski definition) is 3. The number of aromatic nitrogens is 1. The van der Waals surface area contributed by atoms with Crippen molar-refractivity contribution < 1.29 is 8.82 Å². The number of halogens is 2. The molecule has 0 amide bonds. The van der Waals surface area contributed by atoms with E-state index in [9.17, 15) is 4.39 Å². The number of nitrogens with two attached hydrogens (primary N) is 1. The van der Waals surface area contributed by atoms with Gasteiger partial charge in [-0.2, -0.15) is 0 Å². The Morgan fingerprint density at radius 2 is 2.08 bits per heavy atom. The summed E-state index contributed by atoms with van der Waals surface area (Å²) in [5, 5.41) is 0.113. The van der Waals surface area contributed by atoms with Gasteiger partial charge < -0.3 is 10.2 Å². The summed E-state index contributed by atoms with van der Waals surface area (Å²) in [7, 11) is -1.90. The molecule has 1 aromatic heterocycles. The maximum atomic E-state index is 13.5. The van der Waals surface area contributed by atoms with E-state index in [0.717, 1.165) is 11.3 Å². The number of allylic oxidation sites excluding steroid dienone is 3. The molecule has 3 nitrogen and oxygen atoms in total. The molecule has 0 aromatic carbocycles. The molecule has 0 bridgehead atoms. The molecule has 1 atom stereocenters. The smallest absolute Gasteiger partial charge is 0.192 e. The Morgan fingerprint density at radius 1 is 1.42 bits per heavy atom. The van der Waals surface area contributed by atoms with Crippen LogP contribution in [0.5, 0.6) is 0 Å². The third-order valence-electron chi connectivity index (χ3n) is 4.95. The second-order valence-electron chi connectivity index (χ2n) is 7.76. The quantitative estimate of drug-likeness (QED) is 0.591. The van der Waals surface area contributed by atoms with Gasteiger partial charge in [0.1, 0.15) is 5.83 Å². The summed E-state index contributed by atoms with van der Waals surface area (Å²) in [5.74, 6) is -0.422. The predicted octanol–water partition coefficient (Wildman–Crippen LogP) is 5.14. The first-order valence-corrected chi connectivity index (χ1v) is 11.4. The van der Waals surface area contributed by atoms with Gasteiger partial charge in [-0.05, 0) is 42.8 Å². The molecule has 1 aliphatic carbocycles. The van der Waals surface area contributed by atoms with E-state index in [1.807, 2.05) is 12.1 Å². The van der Waals surface area contributed by atoms with Gasteiger partial charge in [-0.15, -0.1) is 11.6 Å². The lowest BCUT2D eigenvalue weighted by molar-refractivity contribution is 0.270. The Hall–Kier alpha value is -1.17. The molecule has 2 N–H and O–H groups in total. The van der Waals surface area contributed by atoms with E-state index < -0.39 is 19.0 Å². The van der Waals surface area contributed by atoms with E-state index in [2.05, 4.69) is 38.8 Å². The maximum absolute atomic E-state index is 13.5. The maximum Gasteiger partial charge on any atom is 0.192 e. The molecule has 1 unspecified atom stereocenters. The van der Waals surface area contributed by atoms with Crippen LogP contribution in [0.15, 0.2) is 42.0 Å². The van der Waals surface area contributed by atoms with Gasteiger partial charge in [0.15, 0.2) is 8.32 Å². The van der Waals surface area contributed by atoms with Crippen molar-refractivity contribution in [2.24, 2.45) is 5.73 Å². The third kappa shape index (κ3) is 3.90. The minimum Gasteiger partial charge on any atom is -0.411 e. The lowest BCUT2D eigenvalue weighted by Crippen LogP contribution is -2.40. The molecule has 24 heavy (non-hydrogen) atoms. The zero-order valence-electron chi connectivity index (χ0n) is 15.0. The van der Waals surface area contributed by atoms with Gasteiger partial charge in [0.05, 0.1) is 22.9 Å². The van der Waals surface area contributed by atoms with Crippen molar-refractivity contribution in [2.75, 3.05) is 0 Å². The van der Waals surface area contributed by atoms with Crippen LogP contribution in [0.1, 0.15) is 38.4 Å². The first kappa shape index (κ1) is 19.2. The van der Waals surface area contributed by atoms with Gasteiger partial charge in [-0.25, -0.2) is 4.39 Å². The lowest BCUT2D eigenvalue weighted by atomic mass is 9.89. The first-order chi connectivity index (χ1) is 11.0. The van der Waals surface area contributed by atoms with Gasteiger partial charge in [0, 0.05) is 11.8 Å². The van der Waals surface area contributed by atoms with Crippen LogP contribution in [0.3, 0.4) is 0 Å². The average molecular weight is 369 g/mol. The van der Waals surface area contributed by atoms with Crippen molar-refractivity contribution in [3.05, 3.63) is 53.3 Å². The van der Waals surface area contributed by atoms with Crippen molar-refractivity contribution in [3.63, 3.8) is 0 Å². The molecule has 0 saturated carbocycles. The van der Waals surface area contributed by atoms with Crippen LogP contribution in [0.25, 0.3) is 0 Å². The monoisotopic (exact) mass is 368 g/mol. The Labute approximate surface area is 149 Å². The molecule has 132 valence electrons. The van der Waals surface area contributed by atoms with Crippen molar-refractivity contribution in [2.45, 2.75) is 56.8 Å². The summed E-state index contributed by atoms with van der Waals surface area (Å²) < 4.78 is 19.8. The third-order valence-corrected chi connectivity index (χ3v) is 9.90. The van der Waals surface area contributed by atoms with E-state index in [1.54, 1.807) is 12.3 Å². The van der Waals surface area contributed by atoms with E-state index in [0.29, 0.717) is 13.0 Å².